The molecular formula is C23H28F6N4O5. The van der Waals surface area contributed by atoms with E-state index < -0.39 is 24.3 Å². The second-order valence-electron chi connectivity index (χ2n) is 8.89. The Balaban J connectivity index is 0.000000301. The van der Waals surface area contributed by atoms with E-state index in [9.17, 15) is 26.3 Å². The first-order chi connectivity index (χ1) is 17.6. The molecule has 15 heteroatoms. The molecule has 1 saturated carbocycles. The summed E-state index contributed by atoms with van der Waals surface area (Å²) < 4.78 is 71.7. The van der Waals surface area contributed by atoms with Crippen LogP contribution in [0.3, 0.4) is 0 Å². The van der Waals surface area contributed by atoms with Crippen LogP contribution < -0.4 is 4.74 Å². The molecular weight excluding hydrogens is 526 g/mol. The standard InChI is InChI=1S/C19H26N4O.2C2HF3O2/c1-14(2)22-9-7-19-17(12-22)18(21-23(19)11-15-5-6-15)13-24-16-4-3-8-20-10-16;2*3-2(4,5)1(6)7/h3-4,8,10,14-15H,5-7,9,11-13H2,1-2H3;2*(H,6,7). The van der Waals surface area contributed by atoms with Crippen molar-refractivity contribution in [2.45, 2.75) is 71.2 Å². The fraction of sp³-hybridized carbons (Fsp3) is 0.565. The minimum Gasteiger partial charge on any atom is -0.486 e. The van der Waals surface area contributed by atoms with Crippen LogP contribution in [-0.4, -0.2) is 66.8 Å². The second-order valence-corrected chi connectivity index (χ2v) is 8.89. The maximum absolute atomic E-state index is 10.6. The van der Waals surface area contributed by atoms with Crippen LogP contribution >= 0.6 is 0 Å². The van der Waals surface area contributed by atoms with Gasteiger partial charge >= 0.3 is 24.3 Å². The number of carboxylic acids is 2. The topological polar surface area (TPSA) is 118 Å². The number of ether oxygens (including phenoxy) is 1. The average Bonchev–Trinajstić information content (AvgIpc) is 3.58. The van der Waals surface area contributed by atoms with Gasteiger partial charge in [-0.3, -0.25) is 14.6 Å². The molecule has 38 heavy (non-hydrogen) atoms. The summed E-state index contributed by atoms with van der Waals surface area (Å²) in [5.74, 6) is -3.87. The van der Waals surface area contributed by atoms with E-state index >= 15 is 0 Å². The van der Waals surface area contributed by atoms with Crippen molar-refractivity contribution in [3.63, 3.8) is 0 Å². The summed E-state index contributed by atoms with van der Waals surface area (Å²) in [6.07, 6.45) is -2.84. The third kappa shape index (κ3) is 9.84. The van der Waals surface area contributed by atoms with E-state index in [1.54, 1.807) is 12.4 Å². The monoisotopic (exact) mass is 554 g/mol. The number of rotatable bonds is 6. The Morgan fingerprint density at radius 2 is 1.68 bits per heavy atom. The molecule has 1 fully saturated rings. The molecule has 1 aliphatic heterocycles. The summed E-state index contributed by atoms with van der Waals surface area (Å²) in [5.41, 5.74) is 3.92. The van der Waals surface area contributed by atoms with Crippen LogP contribution in [0.5, 0.6) is 5.75 Å². The molecule has 2 aromatic heterocycles. The third-order valence-corrected chi connectivity index (χ3v) is 5.60. The van der Waals surface area contributed by atoms with Crippen molar-refractivity contribution in [3.8, 4) is 5.75 Å². The third-order valence-electron chi connectivity index (χ3n) is 5.60. The van der Waals surface area contributed by atoms with E-state index in [4.69, 9.17) is 29.6 Å². The zero-order valence-electron chi connectivity index (χ0n) is 20.6. The van der Waals surface area contributed by atoms with Crippen molar-refractivity contribution in [2.24, 2.45) is 5.92 Å². The van der Waals surface area contributed by atoms with Crippen LogP contribution in [0.4, 0.5) is 26.3 Å². The van der Waals surface area contributed by atoms with Gasteiger partial charge in [0.2, 0.25) is 0 Å². The molecule has 0 amide bonds. The minimum absolute atomic E-state index is 0.525. The van der Waals surface area contributed by atoms with Gasteiger partial charge in [0.05, 0.1) is 6.20 Å². The predicted molar refractivity (Wildman–Crippen MR) is 120 cm³/mol. The number of fused-ring (bicyclic) bond motifs is 1. The molecule has 3 heterocycles. The molecule has 1 aliphatic carbocycles. The zero-order chi connectivity index (χ0) is 28.7. The number of aliphatic carboxylic acids is 2. The Morgan fingerprint density at radius 3 is 2.13 bits per heavy atom. The van der Waals surface area contributed by atoms with Gasteiger partial charge < -0.3 is 14.9 Å². The molecule has 4 rings (SSSR count). The largest absolute Gasteiger partial charge is 0.490 e. The SMILES string of the molecule is CC(C)N1CCc2c(c(COc3cccnc3)nn2CC2CC2)C1.O=C(O)C(F)(F)F.O=C(O)C(F)(F)F. The van der Waals surface area contributed by atoms with Crippen molar-refractivity contribution < 1.29 is 50.9 Å². The summed E-state index contributed by atoms with van der Waals surface area (Å²) in [6, 6.07) is 4.41. The van der Waals surface area contributed by atoms with E-state index in [1.807, 2.05) is 12.1 Å². The number of hydrogen-bond donors (Lipinski definition) is 2. The van der Waals surface area contributed by atoms with E-state index in [0.29, 0.717) is 12.6 Å². The molecule has 0 atom stereocenters. The number of hydrogen-bond acceptors (Lipinski definition) is 6. The van der Waals surface area contributed by atoms with Crippen molar-refractivity contribution in [3.05, 3.63) is 41.5 Å². The van der Waals surface area contributed by atoms with Gasteiger partial charge in [-0.2, -0.15) is 31.4 Å². The first kappa shape index (κ1) is 30.9. The summed E-state index contributed by atoms with van der Waals surface area (Å²) in [4.78, 5) is 24.4. The van der Waals surface area contributed by atoms with Crippen molar-refractivity contribution in [2.75, 3.05) is 6.54 Å². The number of nitrogens with zero attached hydrogens (tertiary/aromatic N) is 4. The van der Waals surface area contributed by atoms with Crippen LogP contribution in [0.2, 0.25) is 0 Å². The van der Waals surface area contributed by atoms with Gasteiger partial charge in [0.25, 0.3) is 0 Å². The van der Waals surface area contributed by atoms with Gasteiger partial charge in [0.1, 0.15) is 18.1 Å². The number of alkyl halides is 6. The van der Waals surface area contributed by atoms with Crippen LogP contribution in [-0.2, 0) is 35.7 Å². The molecule has 0 aromatic carbocycles. The molecule has 2 aromatic rings. The highest BCUT2D eigenvalue weighted by molar-refractivity contribution is 5.73. The molecule has 0 radical (unpaired) electrons. The van der Waals surface area contributed by atoms with Gasteiger partial charge in [0, 0.05) is 49.6 Å². The maximum Gasteiger partial charge on any atom is 0.490 e. The fourth-order valence-electron chi connectivity index (χ4n) is 3.42. The van der Waals surface area contributed by atoms with Crippen LogP contribution in [0.1, 0.15) is 43.6 Å². The van der Waals surface area contributed by atoms with Crippen LogP contribution in [0, 0.1) is 5.92 Å². The normalized spacial score (nSPS) is 15.5. The van der Waals surface area contributed by atoms with Crippen LogP contribution in [0.15, 0.2) is 24.5 Å². The quantitative estimate of drug-likeness (QED) is 0.508. The number of halogens is 6. The van der Waals surface area contributed by atoms with Gasteiger partial charge in [-0.15, -0.1) is 0 Å². The molecule has 0 saturated heterocycles. The maximum atomic E-state index is 10.6. The summed E-state index contributed by atoms with van der Waals surface area (Å²) >= 11 is 0. The lowest BCUT2D eigenvalue weighted by Crippen LogP contribution is -2.36. The molecule has 0 unspecified atom stereocenters. The Kier molecular flexibility index (Phi) is 10.5. The number of pyridine rings is 1. The fourth-order valence-corrected chi connectivity index (χ4v) is 3.42. The molecule has 212 valence electrons. The smallest absolute Gasteiger partial charge is 0.486 e. The highest BCUT2D eigenvalue weighted by atomic mass is 19.4. The van der Waals surface area contributed by atoms with Crippen LogP contribution in [0.25, 0.3) is 0 Å². The van der Waals surface area contributed by atoms with Gasteiger partial charge in [-0.25, -0.2) is 9.59 Å². The second kappa shape index (κ2) is 12.9. The van der Waals surface area contributed by atoms with Crippen molar-refractivity contribution in [1.29, 1.82) is 0 Å². The van der Waals surface area contributed by atoms with Gasteiger partial charge in [-0.05, 0) is 44.7 Å². The summed E-state index contributed by atoms with van der Waals surface area (Å²) in [5, 5.41) is 19.2. The highest BCUT2D eigenvalue weighted by Crippen LogP contribution is 2.33. The molecule has 9 nitrogen and oxygen atoms in total. The highest BCUT2D eigenvalue weighted by Gasteiger charge is 2.39. The first-order valence-electron chi connectivity index (χ1n) is 11.5. The zero-order valence-corrected chi connectivity index (χ0v) is 20.6. The lowest BCUT2D eigenvalue weighted by molar-refractivity contribution is -0.193. The van der Waals surface area contributed by atoms with E-state index in [2.05, 4.69) is 28.4 Å². The van der Waals surface area contributed by atoms with Gasteiger partial charge in [-0.1, -0.05) is 0 Å². The Bertz CT molecular complexity index is 1040. The summed E-state index contributed by atoms with van der Waals surface area (Å²) in [7, 11) is 0. The lowest BCUT2D eigenvalue weighted by atomic mass is 10.0. The average molecular weight is 554 g/mol. The molecule has 0 spiro atoms. The Labute approximate surface area is 214 Å². The number of aromatic nitrogens is 3. The molecule has 2 aliphatic rings. The Hall–Kier alpha value is -3.36. The van der Waals surface area contributed by atoms with Gasteiger partial charge in [0.15, 0.2) is 0 Å². The molecule has 0 bridgehead atoms. The van der Waals surface area contributed by atoms with Crippen molar-refractivity contribution >= 4 is 11.9 Å². The van der Waals surface area contributed by atoms with E-state index in [0.717, 1.165) is 43.4 Å². The van der Waals surface area contributed by atoms with E-state index in [-0.39, 0.29) is 0 Å². The first-order valence-corrected chi connectivity index (χ1v) is 11.5. The number of carboxylic acid groups (broad SMARTS) is 2. The minimum atomic E-state index is -5.08. The van der Waals surface area contributed by atoms with E-state index in [1.165, 1.54) is 24.1 Å². The summed E-state index contributed by atoms with van der Waals surface area (Å²) in [6.45, 7) is 8.26. The number of carbonyl (C=O) groups is 2. The predicted octanol–water partition coefficient (Wildman–Crippen LogP) is 4.30. The van der Waals surface area contributed by atoms with Crippen molar-refractivity contribution in [1.82, 2.24) is 19.7 Å². The lowest BCUT2D eigenvalue weighted by Gasteiger charge is -2.31. The Morgan fingerprint density at radius 1 is 1.11 bits per heavy atom. The molecule has 2 N–H and O–H groups in total.